The van der Waals surface area contributed by atoms with Gasteiger partial charge in [0, 0.05) is 23.7 Å². The number of halogens is 1. The van der Waals surface area contributed by atoms with Crippen LogP contribution in [0.25, 0.3) is 10.2 Å². The number of nitrogens with one attached hydrogen (secondary N) is 1. The van der Waals surface area contributed by atoms with E-state index in [0.29, 0.717) is 37.9 Å². The fraction of sp³-hybridized carbons (Fsp3) is 0.350. The predicted octanol–water partition coefficient (Wildman–Crippen LogP) is 4.71. The second kappa shape index (κ2) is 7.09. The minimum Gasteiger partial charge on any atom is -0.321 e. The van der Waals surface area contributed by atoms with Gasteiger partial charge in [0.2, 0.25) is 0 Å². The zero-order valence-corrected chi connectivity index (χ0v) is 16.8. The summed E-state index contributed by atoms with van der Waals surface area (Å²) in [6, 6.07) is 5.38. The van der Waals surface area contributed by atoms with Crippen LogP contribution in [0.5, 0.6) is 0 Å². The predicted molar refractivity (Wildman–Crippen MR) is 110 cm³/mol. The summed E-state index contributed by atoms with van der Waals surface area (Å²) in [5.74, 6) is 0.601. The summed E-state index contributed by atoms with van der Waals surface area (Å²) >= 11 is 7.33. The summed E-state index contributed by atoms with van der Waals surface area (Å²) in [5, 5.41) is 4.05. The normalized spacial score (nSPS) is 14.0. The molecule has 0 bridgehead atoms. The van der Waals surface area contributed by atoms with Crippen LogP contribution in [0.1, 0.15) is 45.9 Å². The molecule has 4 rings (SSSR count). The molecular weight excluding hydrogens is 382 g/mol. The number of rotatable bonds is 2. The Balaban J connectivity index is 1.77. The first kappa shape index (κ1) is 18.2. The number of anilines is 1. The number of benzene rings is 1. The minimum absolute atomic E-state index is 0.0244. The van der Waals surface area contributed by atoms with E-state index in [1.54, 1.807) is 16.7 Å². The van der Waals surface area contributed by atoms with E-state index in [4.69, 9.17) is 16.6 Å². The van der Waals surface area contributed by atoms with Crippen molar-refractivity contribution in [3.63, 3.8) is 0 Å². The van der Waals surface area contributed by atoms with Gasteiger partial charge in [0.1, 0.15) is 10.7 Å². The summed E-state index contributed by atoms with van der Waals surface area (Å²) in [7, 11) is 0. The van der Waals surface area contributed by atoms with E-state index in [9.17, 15) is 9.59 Å². The highest BCUT2D eigenvalue weighted by Crippen LogP contribution is 2.30. The van der Waals surface area contributed by atoms with E-state index < -0.39 is 0 Å². The molecule has 1 amide bonds. The Labute approximate surface area is 166 Å². The van der Waals surface area contributed by atoms with Crippen molar-refractivity contribution < 1.29 is 4.79 Å². The van der Waals surface area contributed by atoms with Crippen LogP contribution in [0, 0.1) is 13.8 Å². The lowest BCUT2D eigenvalue weighted by atomic mass is 10.1. The van der Waals surface area contributed by atoms with Gasteiger partial charge in [-0.3, -0.25) is 14.2 Å². The molecule has 3 aromatic rings. The van der Waals surface area contributed by atoms with Crippen molar-refractivity contribution in [1.82, 2.24) is 9.55 Å². The van der Waals surface area contributed by atoms with E-state index in [1.807, 2.05) is 19.9 Å². The molecule has 0 saturated heterocycles. The molecule has 5 nitrogen and oxygen atoms in total. The van der Waals surface area contributed by atoms with Gasteiger partial charge >= 0.3 is 0 Å². The number of aryl methyl sites for hydroxylation is 3. The number of carbonyl (C=O) groups is 1. The molecule has 140 valence electrons. The van der Waals surface area contributed by atoms with Crippen LogP contribution >= 0.6 is 22.9 Å². The van der Waals surface area contributed by atoms with Crippen molar-refractivity contribution >= 4 is 44.7 Å². The molecule has 1 aliphatic rings. The van der Waals surface area contributed by atoms with Crippen molar-refractivity contribution in [2.24, 2.45) is 0 Å². The topological polar surface area (TPSA) is 64.0 Å². The van der Waals surface area contributed by atoms with Crippen molar-refractivity contribution in [2.75, 3.05) is 5.32 Å². The molecule has 0 spiro atoms. The van der Waals surface area contributed by atoms with Crippen molar-refractivity contribution in [3.8, 4) is 0 Å². The zero-order valence-electron chi connectivity index (χ0n) is 15.3. The molecule has 0 aliphatic carbocycles. The molecule has 0 atom stereocenters. The summed E-state index contributed by atoms with van der Waals surface area (Å²) in [6.45, 7) is 4.44. The highest BCUT2D eigenvalue weighted by atomic mass is 35.5. The van der Waals surface area contributed by atoms with Gasteiger partial charge in [-0.15, -0.1) is 11.3 Å². The number of hydrogen-bond donors (Lipinski definition) is 1. The second-order valence-electron chi connectivity index (χ2n) is 6.95. The number of hydrogen-bond acceptors (Lipinski definition) is 4. The SMILES string of the molecule is Cc1ccc(Cl)cc1NC(=O)c1sc2nc3n(c(=O)c2c1C)CCCCC3. The van der Waals surface area contributed by atoms with Gasteiger partial charge in [0.15, 0.2) is 0 Å². The quantitative estimate of drug-likeness (QED) is 0.676. The van der Waals surface area contributed by atoms with E-state index in [-0.39, 0.29) is 11.5 Å². The van der Waals surface area contributed by atoms with Gasteiger partial charge in [0.25, 0.3) is 11.5 Å². The largest absolute Gasteiger partial charge is 0.321 e. The van der Waals surface area contributed by atoms with Crippen LogP contribution in [0.3, 0.4) is 0 Å². The smallest absolute Gasteiger partial charge is 0.266 e. The average molecular weight is 402 g/mol. The number of amides is 1. The molecule has 1 aliphatic heterocycles. The van der Waals surface area contributed by atoms with Crippen LogP contribution in [-0.4, -0.2) is 15.5 Å². The highest BCUT2D eigenvalue weighted by Gasteiger charge is 2.22. The van der Waals surface area contributed by atoms with Crippen LogP contribution in [-0.2, 0) is 13.0 Å². The van der Waals surface area contributed by atoms with Crippen LogP contribution in [0.4, 0.5) is 5.69 Å². The number of fused-ring (bicyclic) bond motifs is 2. The maximum Gasteiger partial charge on any atom is 0.266 e. The standard InChI is InChI=1S/C20H20ClN3O2S/c1-11-7-8-13(21)10-14(11)22-18(25)17-12(2)16-19(27-17)23-15-6-4-3-5-9-24(15)20(16)26/h7-8,10H,3-6,9H2,1-2H3,(H,22,25). The number of aromatic nitrogens is 2. The van der Waals surface area contributed by atoms with Crippen molar-refractivity contribution in [2.45, 2.75) is 46.1 Å². The Morgan fingerprint density at radius 3 is 2.89 bits per heavy atom. The van der Waals surface area contributed by atoms with Gasteiger partial charge < -0.3 is 5.32 Å². The molecule has 0 saturated carbocycles. The van der Waals surface area contributed by atoms with Crippen LogP contribution in [0.15, 0.2) is 23.0 Å². The maximum absolute atomic E-state index is 13.0. The summed E-state index contributed by atoms with van der Waals surface area (Å²) in [5.41, 5.74) is 2.27. The van der Waals surface area contributed by atoms with Gasteiger partial charge in [0.05, 0.1) is 10.3 Å². The number of carbonyl (C=O) groups excluding carboxylic acids is 1. The molecule has 1 N–H and O–H groups in total. The van der Waals surface area contributed by atoms with Gasteiger partial charge in [-0.05, 0) is 49.9 Å². The van der Waals surface area contributed by atoms with E-state index in [0.717, 1.165) is 37.1 Å². The Morgan fingerprint density at radius 1 is 1.26 bits per heavy atom. The minimum atomic E-state index is -0.236. The molecule has 0 fully saturated rings. The fourth-order valence-electron chi connectivity index (χ4n) is 3.53. The molecule has 27 heavy (non-hydrogen) atoms. The van der Waals surface area contributed by atoms with Crippen molar-refractivity contribution in [3.05, 3.63) is 55.4 Å². The van der Waals surface area contributed by atoms with Gasteiger partial charge in [-0.25, -0.2) is 4.98 Å². The molecule has 7 heteroatoms. The van der Waals surface area contributed by atoms with Crippen LogP contribution < -0.4 is 10.9 Å². The fourth-order valence-corrected chi connectivity index (χ4v) is 4.79. The first-order chi connectivity index (χ1) is 13.0. The van der Waals surface area contributed by atoms with Crippen LogP contribution in [0.2, 0.25) is 5.02 Å². The third-order valence-electron chi connectivity index (χ3n) is 5.07. The summed E-state index contributed by atoms with van der Waals surface area (Å²) < 4.78 is 1.79. The highest BCUT2D eigenvalue weighted by molar-refractivity contribution is 7.20. The third-order valence-corrected chi connectivity index (χ3v) is 6.49. The molecular formula is C20H20ClN3O2S. The van der Waals surface area contributed by atoms with Gasteiger partial charge in [-0.1, -0.05) is 24.1 Å². The van der Waals surface area contributed by atoms with E-state index >= 15 is 0 Å². The lowest BCUT2D eigenvalue weighted by Crippen LogP contribution is -2.24. The summed E-state index contributed by atoms with van der Waals surface area (Å²) in [6.07, 6.45) is 3.96. The molecule has 0 unspecified atom stereocenters. The number of thiophene rings is 1. The average Bonchev–Trinajstić information content (AvgIpc) is 2.80. The molecule has 0 radical (unpaired) electrons. The lowest BCUT2D eigenvalue weighted by molar-refractivity contribution is 0.103. The third kappa shape index (κ3) is 3.28. The van der Waals surface area contributed by atoms with E-state index in [1.165, 1.54) is 11.3 Å². The van der Waals surface area contributed by atoms with Gasteiger partial charge in [-0.2, -0.15) is 0 Å². The maximum atomic E-state index is 13.0. The molecule has 1 aromatic carbocycles. The van der Waals surface area contributed by atoms with Crippen molar-refractivity contribution in [1.29, 1.82) is 0 Å². The second-order valence-corrected chi connectivity index (χ2v) is 8.38. The first-order valence-corrected chi connectivity index (χ1v) is 10.3. The molecule has 3 heterocycles. The zero-order chi connectivity index (χ0) is 19.1. The monoisotopic (exact) mass is 401 g/mol. The Kier molecular flexibility index (Phi) is 4.78. The lowest BCUT2D eigenvalue weighted by Gasteiger charge is -2.08. The Hall–Kier alpha value is -2.18. The Morgan fingerprint density at radius 2 is 2.07 bits per heavy atom. The Bertz CT molecular complexity index is 1120. The number of nitrogens with zero attached hydrogens (tertiary/aromatic N) is 2. The van der Waals surface area contributed by atoms with E-state index in [2.05, 4.69) is 5.32 Å². The molecule has 2 aromatic heterocycles. The summed E-state index contributed by atoms with van der Waals surface area (Å²) in [4.78, 5) is 31.8. The first-order valence-electron chi connectivity index (χ1n) is 9.06.